The number of benzene rings is 1. The summed E-state index contributed by atoms with van der Waals surface area (Å²) in [6, 6.07) is 10.6. The third-order valence-electron chi connectivity index (χ3n) is 2.58. The van der Waals surface area contributed by atoms with Gasteiger partial charge in [0.15, 0.2) is 0 Å². The standard InChI is InChI=1S/C14H15N3O2/c1-9-7-10(14(15)18)8-13(17-9)19-12-5-3-11(16-2)4-6-12/h3-8,16H,1-2H3,(H2,15,18). The molecule has 0 aliphatic rings. The Morgan fingerprint density at radius 2 is 1.95 bits per heavy atom. The largest absolute Gasteiger partial charge is 0.439 e. The Morgan fingerprint density at radius 3 is 2.53 bits per heavy atom. The molecule has 1 aromatic heterocycles. The highest BCUT2D eigenvalue weighted by atomic mass is 16.5. The molecule has 0 fully saturated rings. The minimum Gasteiger partial charge on any atom is -0.439 e. The molecule has 0 spiro atoms. The Kier molecular flexibility index (Phi) is 3.66. The zero-order valence-electron chi connectivity index (χ0n) is 10.8. The quantitative estimate of drug-likeness (QED) is 0.881. The van der Waals surface area contributed by atoms with Crippen molar-refractivity contribution in [1.29, 1.82) is 0 Å². The van der Waals surface area contributed by atoms with Crippen molar-refractivity contribution in [3.63, 3.8) is 0 Å². The first-order chi connectivity index (χ1) is 9.08. The van der Waals surface area contributed by atoms with Crippen molar-refractivity contribution < 1.29 is 9.53 Å². The third kappa shape index (κ3) is 3.22. The van der Waals surface area contributed by atoms with Crippen molar-refractivity contribution >= 4 is 11.6 Å². The maximum atomic E-state index is 11.2. The van der Waals surface area contributed by atoms with E-state index in [2.05, 4.69) is 10.3 Å². The Balaban J connectivity index is 2.24. The van der Waals surface area contributed by atoms with E-state index < -0.39 is 5.91 Å². The molecule has 19 heavy (non-hydrogen) atoms. The summed E-state index contributed by atoms with van der Waals surface area (Å²) in [5, 5.41) is 3.02. The highest BCUT2D eigenvalue weighted by Crippen LogP contribution is 2.22. The Bertz CT molecular complexity index is 594. The summed E-state index contributed by atoms with van der Waals surface area (Å²) in [6.45, 7) is 1.78. The van der Waals surface area contributed by atoms with E-state index in [4.69, 9.17) is 10.5 Å². The lowest BCUT2D eigenvalue weighted by molar-refractivity contribution is 0.0999. The van der Waals surface area contributed by atoms with Gasteiger partial charge in [-0.15, -0.1) is 0 Å². The van der Waals surface area contributed by atoms with Crippen molar-refractivity contribution in [2.75, 3.05) is 12.4 Å². The van der Waals surface area contributed by atoms with Crippen LogP contribution in [0.2, 0.25) is 0 Å². The number of pyridine rings is 1. The third-order valence-corrected chi connectivity index (χ3v) is 2.58. The highest BCUT2D eigenvalue weighted by molar-refractivity contribution is 5.93. The molecule has 0 aliphatic carbocycles. The predicted octanol–water partition coefficient (Wildman–Crippen LogP) is 2.32. The van der Waals surface area contributed by atoms with Gasteiger partial charge in [0.05, 0.1) is 0 Å². The molecule has 1 aromatic carbocycles. The van der Waals surface area contributed by atoms with Gasteiger partial charge >= 0.3 is 0 Å². The summed E-state index contributed by atoms with van der Waals surface area (Å²) in [5.41, 5.74) is 7.30. The van der Waals surface area contributed by atoms with Crippen LogP contribution in [0.15, 0.2) is 36.4 Å². The number of anilines is 1. The maximum Gasteiger partial charge on any atom is 0.248 e. The molecule has 3 N–H and O–H groups in total. The van der Waals surface area contributed by atoms with Crippen LogP contribution in [-0.2, 0) is 0 Å². The summed E-state index contributed by atoms with van der Waals surface area (Å²) in [7, 11) is 1.84. The van der Waals surface area contributed by atoms with Gasteiger partial charge in [0.25, 0.3) is 0 Å². The molecule has 0 bridgehead atoms. The van der Waals surface area contributed by atoms with E-state index in [1.54, 1.807) is 13.0 Å². The number of nitrogens with two attached hydrogens (primary N) is 1. The van der Waals surface area contributed by atoms with E-state index in [0.717, 1.165) is 5.69 Å². The summed E-state index contributed by atoms with van der Waals surface area (Å²) in [4.78, 5) is 15.4. The summed E-state index contributed by atoms with van der Waals surface area (Å²) in [5.74, 6) is 0.499. The van der Waals surface area contributed by atoms with Crippen LogP contribution in [0.4, 0.5) is 5.69 Å². The number of nitrogens with zero attached hydrogens (tertiary/aromatic N) is 1. The number of aromatic nitrogens is 1. The number of hydrogen-bond donors (Lipinski definition) is 2. The van der Waals surface area contributed by atoms with Crippen molar-refractivity contribution in [3.8, 4) is 11.6 Å². The molecule has 0 unspecified atom stereocenters. The normalized spacial score (nSPS) is 10.0. The second-order valence-electron chi connectivity index (χ2n) is 4.08. The van der Waals surface area contributed by atoms with E-state index >= 15 is 0 Å². The molecule has 0 saturated heterocycles. The molecule has 0 atom stereocenters. The number of carbonyl (C=O) groups is 1. The molecule has 0 saturated carbocycles. The minimum atomic E-state index is -0.499. The highest BCUT2D eigenvalue weighted by Gasteiger charge is 2.06. The van der Waals surface area contributed by atoms with E-state index in [9.17, 15) is 4.79 Å². The number of aryl methyl sites for hydroxylation is 1. The topological polar surface area (TPSA) is 77.2 Å². The van der Waals surface area contributed by atoms with Crippen LogP contribution in [0.1, 0.15) is 16.1 Å². The van der Waals surface area contributed by atoms with Gasteiger partial charge in [-0.25, -0.2) is 4.98 Å². The van der Waals surface area contributed by atoms with Crippen molar-refractivity contribution in [2.24, 2.45) is 5.73 Å². The number of ether oxygens (including phenoxy) is 1. The predicted molar refractivity (Wildman–Crippen MR) is 73.6 cm³/mol. The van der Waals surface area contributed by atoms with Crippen LogP contribution in [0.3, 0.4) is 0 Å². The average Bonchev–Trinajstić information content (AvgIpc) is 2.39. The van der Waals surface area contributed by atoms with Crippen molar-refractivity contribution in [2.45, 2.75) is 6.92 Å². The maximum absolute atomic E-state index is 11.2. The van der Waals surface area contributed by atoms with E-state index in [0.29, 0.717) is 22.9 Å². The van der Waals surface area contributed by atoms with E-state index in [-0.39, 0.29) is 0 Å². The fraction of sp³-hybridized carbons (Fsp3) is 0.143. The summed E-state index contributed by atoms with van der Waals surface area (Å²) >= 11 is 0. The van der Waals surface area contributed by atoms with Gasteiger partial charge in [0, 0.05) is 30.1 Å². The molecular weight excluding hydrogens is 242 g/mol. The lowest BCUT2D eigenvalue weighted by atomic mass is 10.2. The van der Waals surface area contributed by atoms with Crippen LogP contribution in [0, 0.1) is 6.92 Å². The molecule has 2 aromatic rings. The van der Waals surface area contributed by atoms with E-state index in [1.807, 2.05) is 31.3 Å². The number of amides is 1. The summed E-state index contributed by atoms with van der Waals surface area (Å²) in [6.07, 6.45) is 0. The lowest BCUT2D eigenvalue weighted by Gasteiger charge is -2.07. The minimum absolute atomic E-state index is 0.353. The number of nitrogens with one attached hydrogen (secondary N) is 1. The Hall–Kier alpha value is -2.56. The van der Waals surface area contributed by atoms with Crippen LogP contribution >= 0.6 is 0 Å². The zero-order chi connectivity index (χ0) is 13.8. The van der Waals surface area contributed by atoms with E-state index in [1.165, 1.54) is 6.07 Å². The van der Waals surface area contributed by atoms with Crippen LogP contribution in [0.5, 0.6) is 11.6 Å². The molecule has 1 heterocycles. The number of primary amides is 1. The molecule has 0 radical (unpaired) electrons. The van der Waals surface area contributed by atoms with Gasteiger partial charge in [-0.05, 0) is 37.3 Å². The fourth-order valence-electron chi connectivity index (χ4n) is 1.64. The molecule has 0 aliphatic heterocycles. The molecule has 2 rings (SSSR count). The first-order valence-corrected chi connectivity index (χ1v) is 5.82. The number of hydrogen-bond acceptors (Lipinski definition) is 4. The van der Waals surface area contributed by atoms with Gasteiger partial charge in [-0.3, -0.25) is 4.79 Å². The Morgan fingerprint density at radius 1 is 1.26 bits per heavy atom. The van der Waals surface area contributed by atoms with Crippen LogP contribution < -0.4 is 15.8 Å². The number of carbonyl (C=O) groups excluding carboxylic acids is 1. The molecule has 1 amide bonds. The average molecular weight is 257 g/mol. The lowest BCUT2D eigenvalue weighted by Crippen LogP contribution is -2.11. The zero-order valence-corrected chi connectivity index (χ0v) is 10.8. The second kappa shape index (κ2) is 5.39. The summed E-state index contributed by atoms with van der Waals surface area (Å²) < 4.78 is 5.60. The van der Waals surface area contributed by atoms with Crippen molar-refractivity contribution in [1.82, 2.24) is 4.98 Å². The SMILES string of the molecule is CNc1ccc(Oc2cc(C(N)=O)cc(C)n2)cc1. The Labute approximate surface area is 111 Å². The molecule has 98 valence electrons. The molecule has 5 heteroatoms. The van der Waals surface area contributed by atoms with Crippen LogP contribution in [0.25, 0.3) is 0 Å². The second-order valence-corrected chi connectivity index (χ2v) is 4.08. The van der Waals surface area contributed by atoms with Gasteiger partial charge in [-0.1, -0.05) is 0 Å². The fourth-order valence-corrected chi connectivity index (χ4v) is 1.64. The molecule has 5 nitrogen and oxygen atoms in total. The van der Waals surface area contributed by atoms with Gasteiger partial charge in [0.1, 0.15) is 5.75 Å². The van der Waals surface area contributed by atoms with Crippen molar-refractivity contribution in [3.05, 3.63) is 47.7 Å². The van der Waals surface area contributed by atoms with Gasteiger partial charge < -0.3 is 15.8 Å². The van der Waals surface area contributed by atoms with Gasteiger partial charge in [-0.2, -0.15) is 0 Å². The van der Waals surface area contributed by atoms with Crippen LogP contribution in [-0.4, -0.2) is 17.9 Å². The van der Waals surface area contributed by atoms with Gasteiger partial charge in [0.2, 0.25) is 11.8 Å². The first-order valence-electron chi connectivity index (χ1n) is 5.82. The monoisotopic (exact) mass is 257 g/mol. The number of rotatable bonds is 4. The molecular formula is C14H15N3O2. The smallest absolute Gasteiger partial charge is 0.248 e. The first kappa shape index (κ1) is 12.9.